The van der Waals surface area contributed by atoms with Crippen LogP contribution in [0.4, 0.5) is 0 Å². The third-order valence-corrected chi connectivity index (χ3v) is 4.60. The molecule has 2 aromatic rings. The maximum Gasteiger partial charge on any atom is 0.0852 e. The Hall–Kier alpha value is -0.540. The minimum absolute atomic E-state index is 0.516. The summed E-state index contributed by atoms with van der Waals surface area (Å²) in [6.45, 7) is 2.13. The number of thiophene rings is 1. The predicted octanol–water partition coefficient (Wildman–Crippen LogP) is 4.89. The van der Waals surface area contributed by atoms with Crippen molar-refractivity contribution in [2.24, 2.45) is 0 Å². The molecule has 1 unspecified atom stereocenters. The van der Waals surface area contributed by atoms with Crippen LogP contribution in [0.5, 0.6) is 0 Å². The highest BCUT2D eigenvalue weighted by Gasteiger charge is 2.13. The molecule has 0 bridgehead atoms. The molecule has 18 heavy (non-hydrogen) atoms. The highest BCUT2D eigenvalue weighted by Crippen LogP contribution is 2.30. The molecule has 0 amide bonds. The summed E-state index contributed by atoms with van der Waals surface area (Å²) in [7, 11) is 0. The van der Waals surface area contributed by atoms with Crippen LogP contribution in [0.1, 0.15) is 28.3 Å². The first kappa shape index (κ1) is 13.9. The van der Waals surface area contributed by atoms with Crippen LogP contribution >= 0.6 is 34.5 Å². The molecule has 4 heteroatoms. The van der Waals surface area contributed by atoms with E-state index < -0.39 is 6.10 Å². The lowest BCUT2D eigenvalue weighted by Gasteiger charge is -2.11. The lowest BCUT2D eigenvalue weighted by molar-refractivity contribution is 0.179. The van der Waals surface area contributed by atoms with E-state index in [1.54, 1.807) is 29.5 Å². The number of aliphatic hydroxyl groups is 1. The molecule has 1 N–H and O–H groups in total. The second kappa shape index (κ2) is 6.07. The van der Waals surface area contributed by atoms with E-state index in [0.717, 1.165) is 12.0 Å². The second-order valence-corrected chi connectivity index (χ2v) is 6.20. The van der Waals surface area contributed by atoms with Crippen molar-refractivity contribution < 1.29 is 5.11 Å². The molecule has 0 aliphatic rings. The molecular formula is C14H14Cl2OS. The third kappa shape index (κ3) is 3.27. The molecule has 1 nitrogen and oxygen atoms in total. The molecule has 1 aromatic carbocycles. The van der Waals surface area contributed by atoms with Crippen molar-refractivity contribution in [1.29, 1.82) is 0 Å². The van der Waals surface area contributed by atoms with Crippen molar-refractivity contribution in [3.63, 3.8) is 0 Å². The Morgan fingerprint density at radius 2 is 1.89 bits per heavy atom. The van der Waals surface area contributed by atoms with Crippen molar-refractivity contribution in [1.82, 2.24) is 0 Å². The number of rotatable bonds is 4. The molecule has 0 radical (unpaired) electrons. The minimum atomic E-state index is -0.585. The number of halogens is 2. The smallest absolute Gasteiger partial charge is 0.0852 e. The first-order valence-electron chi connectivity index (χ1n) is 5.80. The summed E-state index contributed by atoms with van der Waals surface area (Å²) in [4.78, 5) is 2.50. The van der Waals surface area contributed by atoms with E-state index in [0.29, 0.717) is 16.5 Å². The summed E-state index contributed by atoms with van der Waals surface area (Å²) in [5.74, 6) is 0. The first-order chi connectivity index (χ1) is 8.60. The fourth-order valence-corrected chi connectivity index (χ4v) is 3.32. The van der Waals surface area contributed by atoms with Crippen LogP contribution < -0.4 is 0 Å². The fourth-order valence-electron chi connectivity index (χ4n) is 1.79. The average Bonchev–Trinajstić information content (AvgIpc) is 2.76. The largest absolute Gasteiger partial charge is 0.388 e. The van der Waals surface area contributed by atoms with Gasteiger partial charge in [-0.15, -0.1) is 11.3 Å². The van der Waals surface area contributed by atoms with E-state index in [1.165, 1.54) is 9.75 Å². The average molecular weight is 301 g/mol. The Bertz CT molecular complexity index is 536. The predicted molar refractivity (Wildman–Crippen MR) is 78.8 cm³/mol. The standard InChI is InChI=1S/C14H14Cl2OS/c1-2-10-4-5-11(18-10)8-14(17)12-6-3-9(15)7-13(12)16/h3-7,14,17H,2,8H2,1H3. The van der Waals surface area contributed by atoms with E-state index in [2.05, 4.69) is 19.1 Å². The molecule has 0 fully saturated rings. The van der Waals surface area contributed by atoms with Gasteiger partial charge in [0.05, 0.1) is 6.10 Å². The Balaban J connectivity index is 2.13. The van der Waals surface area contributed by atoms with E-state index in [1.807, 2.05) is 0 Å². The minimum Gasteiger partial charge on any atom is -0.388 e. The zero-order valence-electron chi connectivity index (χ0n) is 9.99. The van der Waals surface area contributed by atoms with Gasteiger partial charge in [-0.1, -0.05) is 36.2 Å². The Kier molecular flexibility index (Phi) is 4.68. The van der Waals surface area contributed by atoms with E-state index in [4.69, 9.17) is 23.2 Å². The van der Waals surface area contributed by atoms with Crippen LogP contribution in [0.15, 0.2) is 30.3 Å². The Labute approximate surface area is 121 Å². The summed E-state index contributed by atoms with van der Waals surface area (Å²) in [5, 5.41) is 11.3. The lowest BCUT2D eigenvalue weighted by atomic mass is 10.1. The molecular weight excluding hydrogens is 287 g/mol. The van der Waals surface area contributed by atoms with Crippen LogP contribution in [-0.2, 0) is 12.8 Å². The molecule has 2 rings (SSSR count). The van der Waals surface area contributed by atoms with Crippen LogP contribution in [0.25, 0.3) is 0 Å². The van der Waals surface area contributed by atoms with Gasteiger partial charge in [-0.3, -0.25) is 0 Å². The van der Waals surface area contributed by atoms with Gasteiger partial charge in [0.15, 0.2) is 0 Å². The molecule has 0 aliphatic heterocycles. The van der Waals surface area contributed by atoms with Crippen LogP contribution in [0.2, 0.25) is 10.0 Å². The fraction of sp³-hybridized carbons (Fsp3) is 0.286. The second-order valence-electron chi connectivity index (χ2n) is 4.11. The van der Waals surface area contributed by atoms with Crippen LogP contribution in [0, 0.1) is 0 Å². The summed E-state index contributed by atoms with van der Waals surface area (Å²) in [6.07, 6.45) is 1.03. The van der Waals surface area contributed by atoms with E-state index in [9.17, 15) is 5.11 Å². The molecule has 0 saturated carbocycles. The SMILES string of the molecule is CCc1ccc(CC(O)c2ccc(Cl)cc2Cl)s1. The number of benzene rings is 1. The van der Waals surface area contributed by atoms with Crippen molar-refractivity contribution in [2.45, 2.75) is 25.9 Å². The molecule has 0 aliphatic carbocycles. The molecule has 0 saturated heterocycles. The zero-order chi connectivity index (χ0) is 13.1. The summed E-state index contributed by atoms with van der Waals surface area (Å²) in [6, 6.07) is 9.36. The molecule has 1 atom stereocenters. The summed E-state index contributed by atoms with van der Waals surface area (Å²) >= 11 is 13.7. The first-order valence-corrected chi connectivity index (χ1v) is 7.38. The zero-order valence-corrected chi connectivity index (χ0v) is 12.3. The maximum atomic E-state index is 10.2. The number of aryl methyl sites for hydroxylation is 1. The quantitative estimate of drug-likeness (QED) is 0.852. The summed E-state index contributed by atoms with van der Waals surface area (Å²) < 4.78 is 0. The van der Waals surface area contributed by atoms with Gasteiger partial charge in [0.25, 0.3) is 0 Å². The topological polar surface area (TPSA) is 20.2 Å². The maximum absolute atomic E-state index is 10.2. The van der Waals surface area contributed by atoms with Crippen LogP contribution in [-0.4, -0.2) is 5.11 Å². The third-order valence-electron chi connectivity index (χ3n) is 2.78. The molecule has 1 heterocycles. The number of hydrogen-bond donors (Lipinski definition) is 1. The number of hydrogen-bond acceptors (Lipinski definition) is 2. The van der Waals surface area contributed by atoms with E-state index >= 15 is 0 Å². The van der Waals surface area contributed by atoms with Gasteiger partial charge in [-0.2, -0.15) is 0 Å². The van der Waals surface area contributed by atoms with Crippen molar-refractivity contribution in [2.75, 3.05) is 0 Å². The van der Waals surface area contributed by atoms with Crippen molar-refractivity contribution in [3.05, 3.63) is 55.7 Å². The highest BCUT2D eigenvalue weighted by molar-refractivity contribution is 7.11. The molecule has 96 valence electrons. The normalized spacial score (nSPS) is 12.7. The number of aliphatic hydroxyl groups excluding tert-OH is 1. The van der Waals surface area contributed by atoms with Crippen molar-refractivity contribution in [3.8, 4) is 0 Å². The van der Waals surface area contributed by atoms with Gasteiger partial charge in [-0.05, 0) is 36.2 Å². The summed E-state index contributed by atoms with van der Waals surface area (Å²) in [5.41, 5.74) is 0.729. The van der Waals surface area contributed by atoms with E-state index in [-0.39, 0.29) is 0 Å². The van der Waals surface area contributed by atoms with Crippen LogP contribution in [0.3, 0.4) is 0 Å². The monoisotopic (exact) mass is 300 g/mol. The van der Waals surface area contributed by atoms with Gasteiger partial charge in [0, 0.05) is 26.2 Å². The van der Waals surface area contributed by atoms with Gasteiger partial charge >= 0.3 is 0 Å². The van der Waals surface area contributed by atoms with Crippen molar-refractivity contribution >= 4 is 34.5 Å². The molecule has 1 aromatic heterocycles. The molecule has 0 spiro atoms. The van der Waals surface area contributed by atoms with Gasteiger partial charge in [-0.25, -0.2) is 0 Å². The highest BCUT2D eigenvalue weighted by atomic mass is 35.5. The van der Waals surface area contributed by atoms with Gasteiger partial charge in [0.1, 0.15) is 0 Å². The Morgan fingerprint density at radius 3 is 2.50 bits per heavy atom. The van der Waals surface area contributed by atoms with Gasteiger partial charge in [0.2, 0.25) is 0 Å². The Morgan fingerprint density at radius 1 is 1.17 bits per heavy atom. The van der Waals surface area contributed by atoms with Gasteiger partial charge < -0.3 is 5.11 Å². The lowest BCUT2D eigenvalue weighted by Crippen LogP contribution is -2.01.